The van der Waals surface area contributed by atoms with Crippen LogP contribution in [0.15, 0.2) is 28.1 Å². The van der Waals surface area contributed by atoms with E-state index in [9.17, 15) is 18.0 Å². The van der Waals surface area contributed by atoms with Crippen LogP contribution in [0.5, 0.6) is 0 Å². The third kappa shape index (κ3) is 3.96. The number of amides is 1. The van der Waals surface area contributed by atoms with Gasteiger partial charge in [0.2, 0.25) is 0 Å². The molecule has 0 aliphatic rings. The van der Waals surface area contributed by atoms with Gasteiger partial charge in [-0.1, -0.05) is 15.8 Å². The molecular formula is C15H14N4O5S3. The third-order valence-corrected chi connectivity index (χ3v) is 6.61. The molecule has 0 aliphatic heterocycles. The van der Waals surface area contributed by atoms with Gasteiger partial charge in [0.25, 0.3) is 5.91 Å². The van der Waals surface area contributed by atoms with Gasteiger partial charge in [0.1, 0.15) is 11.4 Å². The van der Waals surface area contributed by atoms with E-state index in [1.165, 1.54) is 23.8 Å². The molecule has 0 aliphatic carbocycles. The van der Waals surface area contributed by atoms with E-state index in [0.717, 1.165) is 29.1 Å². The molecule has 3 aromatic rings. The van der Waals surface area contributed by atoms with Crippen LogP contribution >= 0.6 is 22.9 Å². The van der Waals surface area contributed by atoms with Crippen LogP contribution in [0.2, 0.25) is 0 Å². The van der Waals surface area contributed by atoms with Gasteiger partial charge in [-0.2, -0.15) is 4.99 Å². The van der Waals surface area contributed by atoms with Crippen molar-refractivity contribution in [3.8, 4) is 0 Å². The van der Waals surface area contributed by atoms with Gasteiger partial charge in [0.15, 0.2) is 14.6 Å². The highest BCUT2D eigenvalue weighted by molar-refractivity contribution is 7.90. The maximum atomic E-state index is 12.5. The second-order valence-electron chi connectivity index (χ2n) is 5.55. The highest BCUT2D eigenvalue weighted by Gasteiger charge is 2.17. The quantitative estimate of drug-likeness (QED) is 0.574. The first kappa shape index (κ1) is 19.3. The van der Waals surface area contributed by atoms with Gasteiger partial charge in [-0.25, -0.2) is 8.42 Å². The number of nitrogens with zero attached hydrogens (tertiary/aromatic N) is 4. The minimum atomic E-state index is -3.40. The van der Waals surface area contributed by atoms with Crippen molar-refractivity contribution in [3.05, 3.63) is 33.6 Å². The molecule has 12 heteroatoms. The monoisotopic (exact) mass is 426 g/mol. The Morgan fingerprint density at radius 2 is 2.07 bits per heavy atom. The van der Waals surface area contributed by atoms with Gasteiger partial charge < -0.3 is 9.30 Å². The fourth-order valence-electron chi connectivity index (χ4n) is 2.28. The summed E-state index contributed by atoms with van der Waals surface area (Å²) in [6, 6.07) is 4.52. The summed E-state index contributed by atoms with van der Waals surface area (Å²) in [5.74, 6) is -1.05. The zero-order chi connectivity index (χ0) is 19.8. The zero-order valence-corrected chi connectivity index (χ0v) is 16.9. The summed E-state index contributed by atoms with van der Waals surface area (Å²) in [7, 11) is -2.14. The SMILES string of the molecule is COC(=O)Cn1c(=NC(=O)c2snnc2C)sc2cc(S(C)(=O)=O)ccc21. The Balaban J connectivity index is 2.21. The van der Waals surface area contributed by atoms with Crippen LogP contribution in [0.25, 0.3) is 10.2 Å². The topological polar surface area (TPSA) is 121 Å². The van der Waals surface area contributed by atoms with Crippen LogP contribution in [-0.4, -0.2) is 47.8 Å². The van der Waals surface area contributed by atoms with Gasteiger partial charge in [0, 0.05) is 6.26 Å². The van der Waals surface area contributed by atoms with Crippen LogP contribution < -0.4 is 4.80 Å². The van der Waals surface area contributed by atoms with Crippen LogP contribution in [0.4, 0.5) is 0 Å². The zero-order valence-electron chi connectivity index (χ0n) is 14.5. The second-order valence-corrected chi connectivity index (χ2v) is 9.33. The van der Waals surface area contributed by atoms with Crippen molar-refractivity contribution in [2.45, 2.75) is 18.4 Å². The molecule has 0 saturated carbocycles. The second kappa shape index (κ2) is 7.29. The van der Waals surface area contributed by atoms with Crippen LogP contribution in [0.1, 0.15) is 15.4 Å². The molecule has 2 heterocycles. The maximum absolute atomic E-state index is 12.5. The largest absolute Gasteiger partial charge is 0.468 e. The number of benzene rings is 1. The lowest BCUT2D eigenvalue weighted by atomic mass is 10.3. The van der Waals surface area contributed by atoms with E-state index in [4.69, 9.17) is 4.74 Å². The number of hydrogen-bond acceptors (Lipinski definition) is 9. The number of carbonyl (C=O) groups is 2. The standard InChI is InChI=1S/C15H14N4O5S3/c1-8-13(26-18-17-8)14(21)16-15-19(7-12(20)24-2)10-5-4-9(27(3,22)23)6-11(10)25-15/h4-6H,7H2,1-3H3. The van der Waals surface area contributed by atoms with E-state index in [-0.39, 0.29) is 16.2 Å². The molecular weight excluding hydrogens is 412 g/mol. The Kier molecular flexibility index (Phi) is 5.22. The number of methoxy groups -OCH3 is 1. The highest BCUT2D eigenvalue weighted by atomic mass is 32.2. The Morgan fingerprint density at radius 3 is 2.67 bits per heavy atom. The van der Waals surface area contributed by atoms with E-state index >= 15 is 0 Å². The van der Waals surface area contributed by atoms with Crippen LogP contribution in [0.3, 0.4) is 0 Å². The van der Waals surface area contributed by atoms with Gasteiger partial charge in [-0.3, -0.25) is 9.59 Å². The molecule has 0 radical (unpaired) electrons. The predicted molar refractivity (Wildman–Crippen MR) is 99.5 cm³/mol. The van der Waals surface area contributed by atoms with Crippen LogP contribution in [-0.2, 0) is 25.9 Å². The summed E-state index contributed by atoms with van der Waals surface area (Å²) >= 11 is 2.04. The summed E-state index contributed by atoms with van der Waals surface area (Å²) in [6.45, 7) is 1.48. The maximum Gasteiger partial charge on any atom is 0.325 e. The molecule has 27 heavy (non-hydrogen) atoms. The molecule has 1 amide bonds. The number of aryl methyl sites for hydroxylation is 1. The molecule has 142 valence electrons. The molecule has 3 rings (SSSR count). The minimum Gasteiger partial charge on any atom is -0.468 e. The first-order valence-electron chi connectivity index (χ1n) is 7.49. The Bertz CT molecular complexity index is 1220. The number of rotatable bonds is 4. The summed E-state index contributed by atoms with van der Waals surface area (Å²) in [6.07, 6.45) is 1.11. The van der Waals surface area contributed by atoms with Crippen molar-refractivity contribution >= 4 is 54.8 Å². The van der Waals surface area contributed by atoms with Gasteiger partial charge in [-0.05, 0) is 36.7 Å². The fourth-order valence-corrected chi connectivity index (χ4v) is 4.61. The van der Waals surface area contributed by atoms with Crippen molar-refractivity contribution in [1.82, 2.24) is 14.2 Å². The Labute approximate surface area is 162 Å². The van der Waals surface area contributed by atoms with Gasteiger partial charge >= 0.3 is 5.97 Å². The number of thiazole rings is 1. The molecule has 0 fully saturated rings. The number of aromatic nitrogens is 3. The van der Waals surface area contributed by atoms with Gasteiger partial charge in [-0.15, -0.1) is 5.10 Å². The van der Waals surface area contributed by atoms with E-state index in [0.29, 0.717) is 20.8 Å². The molecule has 0 N–H and O–H groups in total. The predicted octanol–water partition coefficient (Wildman–Crippen LogP) is 1.18. The molecule has 0 bridgehead atoms. The number of sulfone groups is 1. The number of esters is 1. The first-order chi connectivity index (χ1) is 12.7. The van der Waals surface area contributed by atoms with Gasteiger partial charge in [0.05, 0.1) is 27.9 Å². The average molecular weight is 427 g/mol. The molecule has 0 saturated heterocycles. The summed E-state index contributed by atoms with van der Waals surface area (Å²) in [4.78, 5) is 29.0. The van der Waals surface area contributed by atoms with E-state index < -0.39 is 21.7 Å². The van der Waals surface area contributed by atoms with E-state index in [2.05, 4.69) is 14.6 Å². The third-order valence-electron chi connectivity index (χ3n) is 3.64. The average Bonchev–Trinajstić information content (AvgIpc) is 3.17. The summed E-state index contributed by atoms with van der Waals surface area (Å²) in [5, 5.41) is 3.79. The normalized spacial score (nSPS) is 12.5. The van der Waals surface area contributed by atoms with E-state index in [1.54, 1.807) is 13.0 Å². The lowest BCUT2D eigenvalue weighted by Crippen LogP contribution is -2.22. The van der Waals surface area contributed by atoms with Crippen molar-refractivity contribution < 1.29 is 22.7 Å². The smallest absolute Gasteiger partial charge is 0.325 e. The number of carbonyl (C=O) groups excluding carboxylic acids is 2. The first-order valence-corrected chi connectivity index (χ1v) is 11.0. The molecule has 0 unspecified atom stereocenters. The molecule has 0 atom stereocenters. The number of fused-ring (bicyclic) bond motifs is 1. The lowest BCUT2D eigenvalue weighted by Gasteiger charge is -2.04. The molecule has 1 aromatic carbocycles. The Morgan fingerprint density at radius 1 is 1.33 bits per heavy atom. The van der Waals surface area contributed by atoms with Crippen molar-refractivity contribution in [3.63, 3.8) is 0 Å². The molecule has 2 aromatic heterocycles. The minimum absolute atomic E-state index is 0.141. The van der Waals surface area contributed by atoms with Crippen molar-refractivity contribution in [1.29, 1.82) is 0 Å². The number of ether oxygens (including phenoxy) is 1. The summed E-state index contributed by atoms with van der Waals surface area (Å²) < 4.78 is 34.1. The van der Waals surface area contributed by atoms with E-state index in [1.807, 2.05) is 0 Å². The number of hydrogen-bond donors (Lipinski definition) is 0. The Hall–Kier alpha value is -2.44. The van der Waals surface area contributed by atoms with Crippen LogP contribution in [0, 0.1) is 6.92 Å². The molecule has 9 nitrogen and oxygen atoms in total. The fraction of sp³-hybridized carbons (Fsp3) is 0.267. The lowest BCUT2D eigenvalue weighted by molar-refractivity contribution is -0.141. The van der Waals surface area contributed by atoms with Crippen molar-refractivity contribution in [2.24, 2.45) is 4.99 Å². The van der Waals surface area contributed by atoms with Crippen molar-refractivity contribution in [2.75, 3.05) is 13.4 Å². The molecule has 0 spiro atoms. The highest BCUT2D eigenvalue weighted by Crippen LogP contribution is 2.22. The summed E-state index contributed by atoms with van der Waals surface area (Å²) in [5.41, 5.74) is 1.04.